The van der Waals surface area contributed by atoms with Crippen molar-refractivity contribution in [2.24, 2.45) is 7.05 Å². The van der Waals surface area contributed by atoms with E-state index in [4.69, 9.17) is 4.42 Å². The van der Waals surface area contributed by atoms with Crippen molar-refractivity contribution in [3.63, 3.8) is 0 Å². The molecule has 0 saturated carbocycles. The van der Waals surface area contributed by atoms with Crippen molar-refractivity contribution < 1.29 is 9.21 Å². The number of fused-ring (bicyclic) bond motifs is 2. The molecule has 1 aliphatic rings. The standard InChI is InChI=1S/C21H19N3O2/c1-23-13-17(16-4-2-3-5-18(16)23)14-7-9-24(12-14)21(25)20-10-15-11-22-8-6-19(15)26-20/h2-6,8,10-11,13-14H,7,9,12H2,1H3. The van der Waals surface area contributed by atoms with Crippen molar-refractivity contribution in [2.75, 3.05) is 13.1 Å². The second-order valence-corrected chi connectivity index (χ2v) is 6.97. The van der Waals surface area contributed by atoms with Crippen LogP contribution in [0.5, 0.6) is 0 Å². The zero-order valence-electron chi connectivity index (χ0n) is 14.6. The van der Waals surface area contributed by atoms with Crippen molar-refractivity contribution in [3.05, 3.63) is 66.3 Å². The second kappa shape index (κ2) is 5.73. The molecule has 5 rings (SSSR count). The van der Waals surface area contributed by atoms with Crippen LogP contribution in [-0.2, 0) is 7.05 Å². The van der Waals surface area contributed by atoms with Crippen LogP contribution < -0.4 is 0 Å². The molecule has 3 aromatic heterocycles. The fraction of sp³-hybridized carbons (Fsp3) is 0.238. The van der Waals surface area contributed by atoms with Gasteiger partial charge in [-0.3, -0.25) is 9.78 Å². The lowest BCUT2D eigenvalue weighted by atomic mass is 9.98. The third kappa shape index (κ3) is 2.31. The maximum Gasteiger partial charge on any atom is 0.289 e. The maximum absolute atomic E-state index is 12.9. The summed E-state index contributed by atoms with van der Waals surface area (Å²) in [4.78, 5) is 18.8. The number of benzene rings is 1. The number of aryl methyl sites for hydroxylation is 1. The lowest BCUT2D eigenvalue weighted by Gasteiger charge is -2.14. The van der Waals surface area contributed by atoms with Gasteiger partial charge >= 0.3 is 0 Å². The van der Waals surface area contributed by atoms with Crippen molar-refractivity contribution in [2.45, 2.75) is 12.3 Å². The normalized spacial score (nSPS) is 17.4. The third-order valence-electron chi connectivity index (χ3n) is 5.37. The summed E-state index contributed by atoms with van der Waals surface area (Å²) >= 11 is 0. The predicted molar refractivity (Wildman–Crippen MR) is 100 cm³/mol. The monoisotopic (exact) mass is 345 g/mol. The van der Waals surface area contributed by atoms with Crippen molar-refractivity contribution in [3.8, 4) is 0 Å². The van der Waals surface area contributed by atoms with Gasteiger partial charge in [-0.05, 0) is 30.2 Å². The highest BCUT2D eigenvalue weighted by molar-refractivity contribution is 5.96. The van der Waals surface area contributed by atoms with Gasteiger partial charge in [0.25, 0.3) is 5.91 Å². The summed E-state index contributed by atoms with van der Waals surface area (Å²) in [5.74, 6) is 0.714. The van der Waals surface area contributed by atoms with E-state index in [1.54, 1.807) is 24.5 Å². The number of carbonyl (C=O) groups excluding carboxylic acids is 1. The van der Waals surface area contributed by atoms with Gasteiger partial charge in [-0.25, -0.2) is 0 Å². The van der Waals surface area contributed by atoms with E-state index in [0.29, 0.717) is 17.3 Å². The van der Waals surface area contributed by atoms with Gasteiger partial charge in [0.1, 0.15) is 5.58 Å². The van der Waals surface area contributed by atoms with Gasteiger partial charge in [-0.2, -0.15) is 0 Å². The third-order valence-corrected chi connectivity index (χ3v) is 5.37. The van der Waals surface area contributed by atoms with E-state index < -0.39 is 0 Å². The van der Waals surface area contributed by atoms with E-state index in [1.165, 1.54) is 16.5 Å². The van der Waals surface area contributed by atoms with E-state index >= 15 is 0 Å². The van der Waals surface area contributed by atoms with Crippen molar-refractivity contribution in [1.29, 1.82) is 0 Å². The molecule has 5 nitrogen and oxygen atoms in total. The number of amides is 1. The number of aromatic nitrogens is 2. The summed E-state index contributed by atoms with van der Waals surface area (Å²) in [6.45, 7) is 1.48. The predicted octanol–water partition coefficient (Wildman–Crippen LogP) is 3.95. The Morgan fingerprint density at radius 2 is 2.15 bits per heavy atom. The number of rotatable bonds is 2. The first-order chi connectivity index (χ1) is 12.7. The van der Waals surface area contributed by atoms with Crippen LogP contribution >= 0.6 is 0 Å². The van der Waals surface area contributed by atoms with Crippen LogP contribution in [0.15, 0.2) is 59.4 Å². The van der Waals surface area contributed by atoms with Gasteiger partial charge < -0.3 is 13.9 Å². The van der Waals surface area contributed by atoms with E-state index in [9.17, 15) is 4.79 Å². The Morgan fingerprint density at radius 1 is 1.27 bits per heavy atom. The zero-order valence-corrected chi connectivity index (χ0v) is 14.6. The molecule has 1 fully saturated rings. The number of nitrogens with zero attached hydrogens (tertiary/aromatic N) is 3. The molecule has 0 N–H and O–H groups in total. The number of likely N-dealkylation sites (tertiary alicyclic amines) is 1. The first kappa shape index (κ1) is 15.2. The lowest BCUT2D eigenvalue weighted by Crippen LogP contribution is -2.28. The molecule has 1 unspecified atom stereocenters. The van der Waals surface area contributed by atoms with Gasteiger partial charge in [-0.15, -0.1) is 0 Å². The number of para-hydroxylation sites is 1. The Hall–Kier alpha value is -3.08. The number of pyridine rings is 1. The lowest BCUT2D eigenvalue weighted by molar-refractivity contribution is 0.0761. The van der Waals surface area contributed by atoms with Crippen LogP contribution in [0.25, 0.3) is 21.9 Å². The second-order valence-electron chi connectivity index (χ2n) is 6.97. The molecule has 4 aromatic rings. The quantitative estimate of drug-likeness (QED) is 0.553. The molecule has 0 radical (unpaired) electrons. The molecule has 130 valence electrons. The summed E-state index contributed by atoms with van der Waals surface area (Å²) in [5.41, 5.74) is 3.26. The topological polar surface area (TPSA) is 51.3 Å². The molecule has 0 bridgehead atoms. The maximum atomic E-state index is 12.9. The van der Waals surface area contributed by atoms with Crippen LogP contribution in [-0.4, -0.2) is 33.4 Å². The number of furan rings is 1. The van der Waals surface area contributed by atoms with Gasteiger partial charge in [0, 0.05) is 60.9 Å². The molecule has 1 saturated heterocycles. The molecule has 4 heterocycles. The van der Waals surface area contributed by atoms with E-state index in [0.717, 1.165) is 24.9 Å². The molecule has 0 spiro atoms. The average molecular weight is 345 g/mol. The van der Waals surface area contributed by atoms with E-state index in [2.05, 4.69) is 47.1 Å². The number of carbonyl (C=O) groups is 1. The Labute approximate surface area is 150 Å². The highest BCUT2D eigenvalue weighted by Gasteiger charge is 2.31. The molecular formula is C21H19N3O2. The van der Waals surface area contributed by atoms with E-state index in [-0.39, 0.29) is 5.91 Å². The minimum atomic E-state index is -0.0380. The fourth-order valence-corrected chi connectivity index (χ4v) is 4.04. The molecule has 1 atom stereocenters. The number of hydrogen-bond acceptors (Lipinski definition) is 3. The molecule has 1 amide bonds. The Morgan fingerprint density at radius 3 is 3.04 bits per heavy atom. The van der Waals surface area contributed by atoms with Crippen LogP contribution in [0, 0.1) is 0 Å². The summed E-state index contributed by atoms with van der Waals surface area (Å²) in [6.07, 6.45) is 6.57. The molecule has 1 aliphatic heterocycles. The Kier molecular flexibility index (Phi) is 3.35. The Bertz CT molecular complexity index is 1090. The van der Waals surface area contributed by atoms with Gasteiger partial charge in [-0.1, -0.05) is 18.2 Å². The van der Waals surface area contributed by atoms with Crippen LogP contribution in [0.4, 0.5) is 0 Å². The number of hydrogen-bond donors (Lipinski definition) is 0. The minimum absolute atomic E-state index is 0.0380. The first-order valence-electron chi connectivity index (χ1n) is 8.87. The molecule has 5 heteroatoms. The average Bonchev–Trinajstić information content (AvgIpc) is 3.38. The largest absolute Gasteiger partial charge is 0.451 e. The van der Waals surface area contributed by atoms with Crippen LogP contribution in [0.3, 0.4) is 0 Å². The van der Waals surface area contributed by atoms with Gasteiger partial charge in [0.15, 0.2) is 5.76 Å². The van der Waals surface area contributed by atoms with Crippen molar-refractivity contribution in [1.82, 2.24) is 14.5 Å². The summed E-state index contributed by atoms with van der Waals surface area (Å²) in [7, 11) is 2.08. The van der Waals surface area contributed by atoms with Gasteiger partial charge in [0.2, 0.25) is 0 Å². The van der Waals surface area contributed by atoms with Crippen molar-refractivity contribution >= 4 is 27.8 Å². The molecule has 0 aliphatic carbocycles. The molecule has 1 aromatic carbocycles. The molecule has 26 heavy (non-hydrogen) atoms. The summed E-state index contributed by atoms with van der Waals surface area (Å²) in [5, 5.41) is 2.14. The molecular weight excluding hydrogens is 326 g/mol. The highest BCUT2D eigenvalue weighted by Crippen LogP contribution is 2.34. The van der Waals surface area contributed by atoms with Crippen LogP contribution in [0.2, 0.25) is 0 Å². The van der Waals surface area contributed by atoms with Gasteiger partial charge in [0.05, 0.1) is 0 Å². The van der Waals surface area contributed by atoms with E-state index in [1.807, 2.05) is 4.90 Å². The first-order valence-corrected chi connectivity index (χ1v) is 8.87. The summed E-state index contributed by atoms with van der Waals surface area (Å²) < 4.78 is 7.89. The SMILES string of the molecule is Cn1cc(C2CCN(C(=O)c3cc4cnccc4o3)C2)c2ccccc21. The highest BCUT2D eigenvalue weighted by atomic mass is 16.3. The Balaban J connectivity index is 1.42. The minimum Gasteiger partial charge on any atom is -0.451 e. The fourth-order valence-electron chi connectivity index (χ4n) is 4.04. The summed E-state index contributed by atoms with van der Waals surface area (Å²) in [6, 6.07) is 12.0. The zero-order chi connectivity index (χ0) is 17.7. The van der Waals surface area contributed by atoms with Crippen LogP contribution in [0.1, 0.15) is 28.5 Å². The smallest absolute Gasteiger partial charge is 0.289 e.